The first-order valence-corrected chi connectivity index (χ1v) is 8.30. The van der Waals surface area contributed by atoms with Crippen LogP contribution in [-0.2, 0) is 11.3 Å². The van der Waals surface area contributed by atoms with Crippen molar-refractivity contribution < 1.29 is 24.1 Å². The van der Waals surface area contributed by atoms with Gasteiger partial charge in [0.2, 0.25) is 0 Å². The van der Waals surface area contributed by atoms with Gasteiger partial charge in [-0.3, -0.25) is 4.79 Å². The van der Waals surface area contributed by atoms with Crippen LogP contribution < -0.4 is 9.47 Å². The molecule has 0 spiro atoms. The Balaban J connectivity index is 2.32. The van der Waals surface area contributed by atoms with Crippen molar-refractivity contribution in [1.29, 1.82) is 0 Å². The molecule has 0 aliphatic rings. The van der Waals surface area contributed by atoms with Crippen LogP contribution in [0.25, 0.3) is 0 Å². The Morgan fingerprint density at radius 1 is 1.08 bits per heavy atom. The third kappa shape index (κ3) is 4.67. The zero-order chi connectivity index (χ0) is 19.1. The number of rotatable bonds is 8. The second-order valence-corrected chi connectivity index (χ2v) is 5.98. The fraction of sp³-hybridized carbons (Fsp3) is 0.350. The van der Waals surface area contributed by atoms with Crippen molar-refractivity contribution in [3.8, 4) is 17.2 Å². The van der Waals surface area contributed by atoms with Crippen LogP contribution in [0.3, 0.4) is 0 Å². The first kappa shape index (κ1) is 19.6. The van der Waals surface area contributed by atoms with E-state index in [1.807, 2.05) is 25.1 Å². The molecule has 26 heavy (non-hydrogen) atoms. The average Bonchev–Trinajstić information content (AvgIpc) is 2.65. The smallest absolute Gasteiger partial charge is 0.254 e. The first-order chi connectivity index (χ1) is 12.5. The Morgan fingerprint density at radius 2 is 1.81 bits per heavy atom. The van der Waals surface area contributed by atoms with E-state index in [9.17, 15) is 9.90 Å². The minimum atomic E-state index is -0.180. The van der Waals surface area contributed by atoms with E-state index in [1.165, 1.54) is 12.1 Å². The van der Waals surface area contributed by atoms with Gasteiger partial charge in [0.1, 0.15) is 5.75 Å². The highest BCUT2D eigenvalue weighted by Crippen LogP contribution is 2.28. The van der Waals surface area contributed by atoms with Gasteiger partial charge in [-0.15, -0.1) is 0 Å². The van der Waals surface area contributed by atoms with Crippen molar-refractivity contribution >= 4 is 5.91 Å². The molecular formula is C20H25NO5. The van der Waals surface area contributed by atoms with E-state index in [4.69, 9.17) is 14.2 Å². The zero-order valence-corrected chi connectivity index (χ0v) is 15.6. The molecule has 0 aromatic heterocycles. The van der Waals surface area contributed by atoms with Crippen molar-refractivity contribution in [1.82, 2.24) is 4.90 Å². The van der Waals surface area contributed by atoms with Gasteiger partial charge < -0.3 is 24.2 Å². The summed E-state index contributed by atoms with van der Waals surface area (Å²) in [7, 11) is 4.75. The summed E-state index contributed by atoms with van der Waals surface area (Å²) >= 11 is 0. The number of phenols is 1. The lowest BCUT2D eigenvalue weighted by Gasteiger charge is -2.29. The van der Waals surface area contributed by atoms with E-state index >= 15 is 0 Å². The Hall–Kier alpha value is -2.73. The molecule has 0 bridgehead atoms. The van der Waals surface area contributed by atoms with Gasteiger partial charge in [0, 0.05) is 19.2 Å². The Labute approximate surface area is 153 Å². The maximum atomic E-state index is 13.0. The number of carbonyl (C=O) groups is 1. The number of hydrogen-bond donors (Lipinski definition) is 1. The van der Waals surface area contributed by atoms with Crippen molar-refractivity contribution in [2.75, 3.05) is 27.9 Å². The lowest BCUT2D eigenvalue weighted by molar-refractivity contribution is 0.0541. The molecule has 140 valence electrons. The number of nitrogens with zero attached hydrogens (tertiary/aromatic N) is 1. The predicted molar refractivity (Wildman–Crippen MR) is 98.9 cm³/mol. The average molecular weight is 359 g/mol. The van der Waals surface area contributed by atoms with Gasteiger partial charge in [-0.25, -0.2) is 0 Å². The SMILES string of the molecule is COC[C@H](C)N(Cc1ccc(OC)c(OC)c1)C(=O)c1cccc(O)c1. The van der Waals surface area contributed by atoms with E-state index in [-0.39, 0.29) is 17.7 Å². The van der Waals surface area contributed by atoms with Gasteiger partial charge in [0.25, 0.3) is 5.91 Å². The number of hydrogen-bond acceptors (Lipinski definition) is 5. The first-order valence-electron chi connectivity index (χ1n) is 8.30. The van der Waals surface area contributed by atoms with Crippen LogP contribution in [0.15, 0.2) is 42.5 Å². The molecule has 2 aromatic carbocycles. The van der Waals surface area contributed by atoms with Crippen molar-refractivity contribution in [3.63, 3.8) is 0 Å². The summed E-state index contributed by atoms with van der Waals surface area (Å²) in [5.41, 5.74) is 1.33. The van der Waals surface area contributed by atoms with Crippen molar-refractivity contribution in [2.24, 2.45) is 0 Å². The Morgan fingerprint density at radius 3 is 2.42 bits per heavy atom. The van der Waals surface area contributed by atoms with E-state index in [0.717, 1.165) is 5.56 Å². The van der Waals surface area contributed by atoms with Crippen LogP contribution in [0.2, 0.25) is 0 Å². The molecule has 0 saturated carbocycles. The molecule has 2 rings (SSSR count). The van der Waals surface area contributed by atoms with Crippen LogP contribution in [0, 0.1) is 0 Å². The summed E-state index contributed by atoms with van der Waals surface area (Å²) in [4.78, 5) is 14.7. The number of methoxy groups -OCH3 is 3. The predicted octanol–water partition coefficient (Wildman–Crippen LogP) is 3.09. The van der Waals surface area contributed by atoms with Gasteiger partial charge in [0.05, 0.1) is 26.9 Å². The second kappa shape index (κ2) is 9.10. The Kier molecular flexibility index (Phi) is 6.86. The molecule has 1 N–H and O–H groups in total. The van der Waals surface area contributed by atoms with Crippen LogP contribution >= 0.6 is 0 Å². The number of carbonyl (C=O) groups excluding carboxylic acids is 1. The lowest BCUT2D eigenvalue weighted by atomic mass is 10.1. The monoisotopic (exact) mass is 359 g/mol. The van der Waals surface area contributed by atoms with Crippen LogP contribution in [0.5, 0.6) is 17.2 Å². The molecule has 0 aliphatic heterocycles. The molecule has 2 aromatic rings. The summed E-state index contributed by atoms with van der Waals surface area (Å²) in [5.74, 6) is 1.11. The highest BCUT2D eigenvalue weighted by Gasteiger charge is 2.22. The number of aromatic hydroxyl groups is 1. The molecule has 6 nitrogen and oxygen atoms in total. The molecule has 0 heterocycles. The third-order valence-corrected chi connectivity index (χ3v) is 4.09. The molecule has 0 fully saturated rings. The van der Waals surface area contributed by atoms with Crippen LogP contribution in [-0.4, -0.2) is 49.9 Å². The minimum absolute atomic E-state index is 0.0568. The van der Waals surface area contributed by atoms with Crippen molar-refractivity contribution in [3.05, 3.63) is 53.6 Å². The van der Waals surface area contributed by atoms with Gasteiger partial charge in [-0.1, -0.05) is 12.1 Å². The molecule has 0 aliphatic carbocycles. The van der Waals surface area contributed by atoms with Gasteiger partial charge in [-0.05, 0) is 42.8 Å². The summed E-state index contributed by atoms with van der Waals surface area (Å²) in [6, 6.07) is 11.7. The molecular weight excluding hydrogens is 334 g/mol. The maximum absolute atomic E-state index is 13.0. The van der Waals surface area contributed by atoms with E-state index in [1.54, 1.807) is 38.4 Å². The standard InChI is InChI=1S/C20H25NO5/c1-14(13-24-2)21(20(23)16-6-5-7-17(22)11-16)12-15-8-9-18(25-3)19(10-15)26-4/h5-11,14,22H,12-13H2,1-4H3/t14-/m0/s1. The molecule has 6 heteroatoms. The number of phenolic OH excluding ortho intramolecular Hbond substituents is 1. The summed E-state index contributed by atoms with van der Waals surface area (Å²) in [5, 5.41) is 9.68. The van der Waals surface area contributed by atoms with E-state index in [0.29, 0.717) is 30.2 Å². The lowest BCUT2D eigenvalue weighted by Crippen LogP contribution is -2.40. The fourth-order valence-electron chi connectivity index (χ4n) is 2.74. The van der Waals surface area contributed by atoms with E-state index in [2.05, 4.69) is 0 Å². The Bertz CT molecular complexity index is 747. The summed E-state index contributed by atoms with van der Waals surface area (Å²) in [6.45, 7) is 2.70. The number of ether oxygens (including phenoxy) is 3. The minimum Gasteiger partial charge on any atom is -0.508 e. The molecule has 1 amide bonds. The zero-order valence-electron chi connectivity index (χ0n) is 15.6. The molecule has 0 radical (unpaired) electrons. The van der Waals surface area contributed by atoms with E-state index < -0.39 is 0 Å². The van der Waals surface area contributed by atoms with Gasteiger partial charge >= 0.3 is 0 Å². The summed E-state index contributed by atoms with van der Waals surface area (Å²) < 4.78 is 15.8. The fourth-order valence-corrected chi connectivity index (χ4v) is 2.74. The van der Waals surface area contributed by atoms with Crippen LogP contribution in [0.4, 0.5) is 0 Å². The quantitative estimate of drug-likeness (QED) is 0.784. The summed E-state index contributed by atoms with van der Waals surface area (Å²) in [6.07, 6.45) is 0. The largest absolute Gasteiger partial charge is 0.508 e. The normalized spacial score (nSPS) is 11.7. The van der Waals surface area contributed by atoms with Gasteiger partial charge in [-0.2, -0.15) is 0 Å². The molecule has 1 atom stereocenters. The third-order valence-electron chi connectivity index (χ3n) is 4.09. The highest BCUT2D eigenvalue weighted by atomic mass is 16.5. The van der Waals surface area contributed by atoms with Gasteiger partial charge in [0.15, 0.2) is 11.5 Å². The highest BCUT2D eigenvalue weighted by molar-refractivity contribution is 5.94. The maximum Gasteiger partial charge on any atom is 0.254 e. The number of amides is 1. The molecule has 0 saturated heterocycles. The topological polar surface area (TPSA) is 68.2 Å². The van der Waals surface area contributed by atoms with Crippen molar-refractivity contribution in [2.45, 2.75) is 19.5 Å². The second-order valence-electron chi connectivity index (χ2n) is 5.98. The van der Waals surface area contributed by atoms with Crippen LogP contribution in [0.1, 0.15) is 22.8 Å². The number of benzene rings is 2. The molecule has 0 unspecified atom stereocenters.